The van der Waals surface area contributed by atoms with Crippen molar-refractivity contribution in [1.82, 2.24) is 15.1 Å². The lowest BCUT2D eigenvalue weighted by Crippen LogP contribution is -2.62. The Kier molecular flexibility index (Phi) is 8.40. The zero-order valence-corrected chi connectivity index (χ0v) is 19.9. The van der Waals surface area contributed by atoms with E-state index in [4.69, 9.17) is 4.74 Å². The van der Waals surface area contributed by atoms with Gasteiger partial charge < -0.3 is 20.3 Å². The standard InChI is InChI=1S/C25H29FN4O5/c1-16(2)27-23(32)22-14-29(24(33)19-11-20(26)13-21(12-19)28-17(3)31)9-10-30(22)25(34)35-15-18-7-5-4-6-8-18/h4-8,11-13,16,22H,9-10,14-15H2,1-3H3,(H,27,32)(H,28,31). The second kappa shape index (κ2) is 11.5. The maximum Gasteiger partial charge on any atom is 0.410 e. The SMILES string of the molecule is CC(=O)Nc1cc(F)cc(C(=O)N2CCN(C(=O)OCc3ccccc3)C(C(=O)NC(C)C)C2)c1. The first kappa shape index (κ1) is 25.7. The third-order valence-electron chi connectivity index (χ3n) is 5.31. The molecule has 1 unspecified atom stereocenters. The van der Waals surface area contributed by atoms with Gasteiger partial charge in [-0.25, -0.2) is 9.18 Å². The Hall–Kier alpha value is -3.95. The third-order valence-corrected chi connectivity index (χ3v) is 5.31. The fourth-order valence-corrected chi connectivity index (χ4v) is 3.76. The topological polar surface area (TPSA) is 108 Å². The van der Waals surface area contributed by atoms with Gasteiger partial charge in [-0.2, -0.15) is 0 Å². The fourth-order valence-electron chi connectivity index (χ4n) is 3.76. The van der Waals surface area contributed by atoms with E-state index in [1.807, 2.05) is 30.3 Å². The number of nitrogens with zero attached hydrogens (tertiary/aromatic N) is 2. The molecule has 10 heteroatoms. The number of carbonyl (C=O) groups excluding carboxylic acids is 4. The predicted molar refractivity (Wildman–Crippen MR) is 127 cm³/mol. The Labute approximate surface area is 203 Å². The Balaban J connectivity index is 1.76. The maximum absolute atomic E-state index is 14.1. The van der Waals surface area contributed by atoms with Gasteiger partial charge in [0, 0.05) is 37.3 Å². The molecular weight excluding hydrogens is 455 g/mol. The molecule has 3 rings (SSSR count). The summed E-state index contributed by atoms with van der Waals surface area (Å²) in [6.07, 6.45) is -0.663. The lowest BCUT2D eigenvalue weighted by molar-refractivity contribution is -0.128. The molecule has 0 radical (unpaired) electrons. The highest BCUT2D eigenvalue weighted by Gasteiger charge is 2.38. The highest BCUT2D eigenvalue weighted by molar-refractivity contribution is 5.97. The summed E-state index contributed by atoms with van der Waals surface area (Å²) < 4.78 is 19.5. The molecule has 1 aliphatic heterocycles. The van der Waals surface area contributed by atoms with Crippen molar-refractivity contribution < 1.29 is 28.3 Å². The number of amides is 4. The Morgan fingerprint density at radius 3 is 2.46 bits per heavy atom. The van der Waals surface area contributed by atoms with Crippen LogP contribution in [0.4, 0.5) is 14.9 Å². The molecule has 1 atom stereocenters. The molecule has 9 nitrogen and oxygen atoms in total. The summed E-state index contributed by atoms with van der Waals surface area (Å²) in [5.41, 5.74) is 0.980. The van der Waals surface area contributed by atoms with Crippen LogP contribution in [0, 0.1) is 5.82 Å². The predicted octanol–water partition coefficient (Wildman–Crippen LogP) is 2.77. The van der Waals surface area contributed by atoms with Crippen LogP contribution < -0.4 is 10.6 Å². The molecule has 1 saturated heterocycles. The van der Waals surface area contributed by atoms with E-state index in [0.29, 0.717) is 0 Å². The van der Waals surface area contributed by atoms with Gasteiger partial charge in [0.15, 0.2) is 0 Å². The van der Waals surface area contributed by atoms with E-state index >= 15 is 0 Å². The lowest BCUT2D eigenvalue weighted by Gasteiger charge is -2.40. The van der Waals surface area contributed by atoms with Crippen LogP contribution in [-0.2, 0) is 20.9 Å². The Morgan fingerprint density at radius 2 is 1.80 bits per heavy atom. The zero-order chi connectivity index (χ0) is 25.5. The van der Waals surface area contributed by atoms with Crippen LogP contribution in [0.3, 0.4) is 0 Å². The summed E-state index contributed by atoms with van der Waals surface area (Å²) in [4.78, 5) is 52.9. The van der Waals surface area contributed by atoms with Crippen molar-refractivity contribution in [2.45, 2.75) is 39.5 Å². The minimum Gasteiger partial charge on any atom is -0.445 e. The third kappa shape index (κ3) is 7.02. The van der Waals surface area contributed by atoms with E-state index in [1.54, 1.807) is 13.8 Å². The van der Waals surface area contributed by atoms with Crippen LogP contribution in [0.15, 0.2) is 48.5 Å². The van der Waals surface area contributed by atoms with Crippen LogP contribution in [0.1, 0.15) is 36.7 Å². The second-order valence-corrected chi connectivity index (χ2v) is 8.57. The molecule has 0 saturated carbocycles. The normalized spacial score (nSPS) is 15.5. The summed E-state index contributed by atoms with van der Waals surface area (Å²) >= 11 is 0. The van der Waals surface area contributed by atoms with Gasteiger partial charge in [0.05, 0.1) is 6.54 Å². The molecule has 186 valence electrons. The number of carbonyl (C=O) groups is 4. The van der Waals surface area contributed by atoms with E-state index in [0.717, 1.165) is 17.7 Å². The molecule has 0 bridgehead atoms. The minimum absolute atomic E-state index is 0.0249. The first-order valence-corrected chi connectivity index (χ1v) is 11.3. The van der Waals surface area contributed by atoms with E-state index in [-0.39, 0.29) is 43.5 Å². The van der Waals surface area contributed by atoms with Gasteiger partial charge in [0.1, 0.15) is 18.5 Å². The van der Waals surface area contributed by atoms with Crippen LogP contribution in [0.25, 0.3) is 0 Å². The summed E-state index contributed by atoms with van der Waals surface area (Å²) in [6.45, 7) is 4.99. The minimum atomic E-state index is -0.984. The molecule has 0 aromatic heterocycles. The van der Waals surface area contributed by atoms with E-state index < -0.39 is 35.7 Å². The molecule has 0 spiro atoms. The number of benzene rings is 2. The van der Waals surface area contributed by atoms with Gasteiger partial charge in [-0.15, -0.1) is 0 Å². The molecule has 2 aromatic rings. The molecule has 1 heterocycles. The van der Waals surface area contributed by atoms with Gasteiger partial charge in [-0.1, -0.05) is 30.3 Å². The molecule has 35 heavy (non-hydrogen) atoms. The van der Waals surface area contributed by atoms with E-state index in [9.17, 15) is 23.6 Å². The summed E-state index contributed by atoms with van der Waals surface area (Å²) in [6, 6.07) is 11.5. The average molecular weight is 485 g/mol. The van der Waals surface area contributed by atoms with E-state index in [2.05, 4.69) is 10.6 Å². The van der Waals surface area contributed by atoms with Crippen molar-refractivity contribution in [3.05, 3.63) is 65.5 Å². The average Bonchev–Trinajstić information content (AvgIpc) is 2.81. The van der Waals surface area contributed by atoms with Crippen molar-refractivity contribution >= 4 is 29.5 Å². The molecule has 2 N–H and O–H groups in total. The summed E-state index contributed by atoms with van der Waals surface area (Å²) in [7, 11) is 0. The number of nitrogens with one attached hydrogen (secondary N) is 2. The van der Waals surface area contributed by atoms with Gasteiger partial charge in [0.2, 0.25) is 11.8 Å². The molecule has 1 fully saturated rings. The molecule has 1 aliphatic rings. The second-order valence-electron chi connectivity index (χ2n) is 8.57. The quantitative estimate of drug-likeness (QED) is 0.656. The van der Waals surface area contributed by atoms with Gasteiger partial charge in [-0.3, -0.25) is 19.3 Å². The van der Waals surface area contributed by atoms with Crippen LogP contribution in [0.2, 0.25) is 0 Å². The summed E-state index contributed by atoms with van der Waals surface area (Å²) in [5.74, 6) is -2.03. The van der Waals surface area contributed by atoms with Crippen LogP contribution in [-0.4, -0.2) is 65.3 Å². The van der Waals surface area contributed by atoms with Crippen molar-refractivity contribution in [1.29, 1.82) is 0 Å². The monoisotopic (exact) mass is 484 g/mol. The number of ether oxygens (including phenoxy) is 1. The molecule has 0 aliphatic carbocycles. The Bertz CT molecular complexity index is 1090. The largest absolute Gasteiger partial charge is 0.445 e. The lowest BCUT2D eigenvalue weighted by atomic mass is 10.1. The van der Waals surface area contributed by atoms with Gasteiger partial charge >= 0.3 is 6.09 Å². The smallest absolute Gasteiger partial charge is 0.410 e. The van der Waals surface area contributed by atoms with Gasteiger partial charge in [0.25, 0.3) is 5.91 Å². The zero-order valence-electron chi connectivity index (χ0n) is 19.9. The Morgan fingerprint density at radius 1 is 1.09 bits per heavy atom. The fraction of sp³-hybridized carbons (Fsp3) is 0.360. The highest BCUT2D eigenvalue weighted by atomic mass is 19.1. The highest BCUT2D eigenvalue weighted by Crippen LogP contribution is 2.20. The van der Waals surface area contributed by atoms with Crippen molar-refractivity contribution in [3.63, 3.8) is 0 Å². The van der Waals surface area contributed by atoms with Crippen molar-refractivity contribution in [2.75, 3.05) is 25.0 Å². The first-order chi connectivity index (χ1) is 16.6. The first-order valence-electron chi connectivity index (χ1n) is 11.3. The number of rotatable bonds is 6. The van der Waals surface area contributed by atoms with Crippen molar-refractivity contribution in [2.24, 2.45) is 0 Å². The number of halogens is 1. The van der Waals surface area contributed by atoms with Crippen LogP contribution in [0.5, 0.6) is 0 Å². The molecule has 4 amide bonds. The number of piperazine rings is 1. The van der Waals surface area contributed by atoms with E-state index in [1.165, 1.54) is 22.8 Å². The van der Waals surface area contributed by atoms with Crippen LogP contribution >= 0.6 is 0 Å². The number of hydrogen-bond donors (Lipinski definition) is 2. The molecule has 2 aromatic carbocycles. The van der Waals surface area contributed by atoms with Crippen molar-refractivity contribution in [3.8, 4) is 0 Å². The molecular formula is C25H29FN4O5. The summed E-state index contributed by atoms with van der Waals surface area (Å²) in [5, 5.41) is 5.24. The van der Waals surface area contributed by atoms with Gasteiger partial charge in [-0.05, 0) is 37.6 Å². The number of anilines is 1. The number of hydrogen-bond acceptors (Lipinski definition) is 5. The maximum atomic E-state index is 14.1.